The predicted octanol–water partition coefficient (Wildman–Crippen LogP) is 3.35. The lowest BCUT2D eigenvalue weighted by Gasteiger charge is -2.07. The Morgan fingerprint density at radius 1 is 1.16 bits per heavy atom. The van der Waals surface area contributed by atoms with E-state index in [1.807, 2.05) is 43.3 Å². The van der Waals surface area contributed by atoms with Crippen molar-refractivity contribution in [1.82, 2.24) is 15.0 Å². The summed E-state index contributed by atoms with van der Waals surface area (Å²) in [6, 6.07) is 15.2. The third-order valence-electron chi connectivity index (χ3n) is 3.68. The first kappa shape index (κ1) is 16.4. The Balaban J connectivity index is 1.99. The summed E-state index contributed by atoms with van der Waals surface area (Å²) < 4.78 is 5.35. The van der Waals surface area contributed by atoms with Gasteiger partial charge in [0, 0.05) is 23.3 Å². The highest BCUT2D eigenvalue weighted by atomic mass is 16.5. The molecule has 0 amide bonds. The minimum Gasteiger partial charge on any atom is -0.496 e. The maximum atomic E-state index is 10.7. The highest BCUT2D eigenvalue weighted by Crippen LogP contribution is 2.25. The predicted molar refractivity (Wildman–Crippen MR) is 94.8 cm³/mol. The van der Waals surface area contributed by atoms with Crippen LogP contribution >= 0.6 is 0 Å². The van der Waals surface area contributed by atoms with Crippen LogP contribution in [0.3, 0.4) is 0 Å². The minimum absolute atomic E-state index is 0.547. The van der Waals surface area contributed by atoms with Crippen molar-refractivity contribution in [3.05, 3.63) is 65.9 Å². The zero-order valence-corrected chi connectivity index (χ0v) is 13.9. The Labute approximate surface area is 145 Å². The van der Waals surface area contributed by atoms with Crippen molar-refractivity contribution < 1.29 is 14.6 Å². The largest absolute Gasteiger partial charge is 0.496 e. The number of aromatic nitrogens is 3. The van der Waals surface area contributed by atoms with Crippen molar-refractivity contribution in [3.8, 4) is 22.7 Å². The van der Waals surface area contributed by atoms with E-state index in [0.717, 1.165) is 28.7 Å². The van der Waals surface area contributed by atoms with Gasteiger partial charge in [-0.05, 0) is 25.1 Å². The molecular formula is C19H17N3O3. The summed E-state index contributed by atoms with van der Waals surface area (Å²) in [4.78, 5) is 12.2. The number of hydrogen-bond donors (Lipinski definition) is 1. The molecule has 25 heavy (non-hydrogen) atoms. The monoisotopic (exact) mass is 335 g/mol. The number of hydrogen-bond acceptors (Lipinski definition) is 4. The number of rotatable bonds is 5. The smallest absolute Gasteiger partial charge is 0.328 e. The van der Waals surface area contributed by atoms with Crippen LogP contribution in [0.25, 0.3) is 23.0 Å². The normalized spacial score (nSPS) is 11.0. The van der Waals surface area contributed by atoms with Crippen LogP contribution in [0.5, 0.6) is 5.75 Å². The third kappa shape index (κ3) is 3.58. The standard InChI is InChI=1S/C19H17N3O3/c1-13-19(15-6-4-3-5-7-15)21-22(20-13)16-10-8-14(9-11-18(23)24)17(12-16)25-2/h3-12H,1-2H3,(H,23,24)/b11-9+. The molecule has 0 bridgehead atoms. The van der Waals surface area contributed by atoms with Crippen molar-refractivity contribution >= 4 is 12.0 Å². The molecule has 126 valence electrons. The maximum Gasteiger partial charge on any atom is 0.328 e. The Hall–Kier alpha value is -3.41. The fraction of sp³-hybridized carbons (Fsp3) is 0.105. The van der Waals surface area contributed by atoms with Crippen LogP contribution in [-0.4, -0.2) is 33.2 Å². The Bertz CT molecular complexity index is 930. The first-order chi connectivity index (χ1) is 12.1. The quantitative estimate of drug-likeness (QED) is 0.724. The Morgan fingerprint density at radius 3 is 2.60 bits per heavy atom. The molecule has 1 heterocycles. The average molecular weight is 335 g/mol. The maximum absolute atomic E-state index is 10.7. The van der Waals surface area contributed by atoms with Crippen LogP contribution in [-0.2, 0) is 4.79 Å². The molecule has 3 rings (SSSR count). The van der Waals surface area contributed by atoms with Gasteiger partial charge in [-0.25, -0.2) is 4.79 Å². The van der Waals surface area contributed by atoms with E-state index in [1.54, 1.807) is 16.9 Å². The zero-order chi connectivity index (χ0) is 17.8. The lowest BCUT2D eigenvalue weighted by atomic mass is 10.1. The van der Waals surface area contributed by atoms with E-state index in [9.17, 15) is 4.79 Å². The Morgan fingerprint density at radius 2 is 1.92 bits per heavy atom. The topological polar surface area (TPSA) is 77.2 Å². The highest BCUT2D eigenvalue weighted by Gasteiger charge is 2.12. The molecular weight excluding hydrogens is 318 g/mol. The van der Waals surface area contributed by atoms with Crippen molar-refractivity contribution in [2.45, 2.75) is 6.92 Å². The second kappa shape index (κ2) is 7.00. The van der Waals surface area contributed by atoms with Gasteiger partial charge in [0.25, 0.3) is 0 Å². The average Bonchev–Trinajstić information content (AvgIpc) is 3.02. The van der Waals surface area contributed by atoms with Crippen LogP contribution in [0, 0.1) is 6.92 Å². The first-order valence-corrected chi connectivity index (χ1v) is 7.67. The molecule has 0 saturated heterocycles. The highest BCUT2D eigenvalue weighted by molar-refractivity contribution is 5.86. The molecule has 6 heteroatoms. The van der Waals surface area contributed by atoms with Crippen LogP contribution < -0.4 is 4.74 Å². The van der Waals surface area contributed by atoms with E-state index in [-0.39, 0.29) is 0 Å². The van der Waals surface area contributed by atoms with Crippen molar-refractivity contribution in [2.75, 3.05) is 7.11 Å². The summed E-state index contributed by atoms with van der Waals surface area (Å²) in [5.74, 6) is -0.464. The van der Waals surface area contributed by atoms with Crippen LogP contribution in [0.15, 0.2) is 54.6 Å². The van der Waals surface area contributed by atoms with E-state index in [4.69, 9.17) is 9.84 Å². The van der Waals surface area contributed by atoms with Gasteiger partial charge in [0.2, 0.25) is 0 Å². The molecule has 0 aliphatic heterocycles. The Kier molecular flexibility index (Phi) is 4.61. The lowest BCUT2D eigenvalue weighted by Crippen LogP contribution is -2.00. The molecule has 3 aromatic rings. The van der Waals surface area contributed by atoms with Gasteiger partial charge in [0.1, 0.15) is 11.4 Å². The summed E-state index contributed by atoms with van der Waals surface area (Å²) >= 11 is 0. The van der Waals surface area contributed by atoms with E-state index < -0.39 is 5.97 Å². The van der Waals surface area contributed by atoms with Crippen molar-refractivity contribution in [2.24, 2.45) is 0 Å². The van der Waals surface area contributed by atoms with Crippen molar-refractivity contribution in [3.63, 3.8) is 0 Å². The minimum atomic E-state index is -1.01. The number of aryl methyl sites for hydroxylation is 1. The molecule has 6 nitrogen and oxygen atoms in total. The second-order valence-corrected chi connectivity index (χ2v) is 5.39. The summed E-state index contributed by atoms with van der Waals surface area (Å²) in [6.45, 7) is 1.91. The van der Waals surface area contributed by atoms with Crippen molar-refractivity contribution in [1.29, 1.82) is 0 Å². The molecule has 1 aromatic heterocycles. The molecule has 0 unspecified atom stereocenters. The molecule has 0 radical (unpaired) electrons. The van der Waals surface area contributed by atoms with Gasteiger partial charge >= 0.3 is 5.97 Å². The molecule has 0 aliphatic carbocycles. The number of ether oxygens (including phenoxy) is 1. The number of carboxylic acids is 1. The molecule has 1 N–H and O–H groups in total. The number of aliphatic carboxylic acids is 1. The van der Waals surface area contributed by atoms with Crippen LogP contribution in [0.4, 0.5) is 0 Å². The number of carbonyl (C=O) groups is 1. The van der Waals surface area contributed by atoms with Gasteiger partial charge in [-0.15, -0.1) is 5.10 Å². The summed E-state index contributed by atoms with van der Waals surface area (Å²) in [6.07, 6.45) is 2.56. The number of benzene rings is 2. The first-order valence-electron chi connectivity index (χ1n) is 7.67. The molecule has 0 fully saturated rings. The van der Waals surface area contributed by atoms with E-state index in [0.29, 0.717) is 11.3 Å². The summed E-state index contributed by atoms with van der Waals surface area (Å²) in [5.41, 5.74) is 4.03. The van der Waals surface area contributed by atoms with E-state index in [1.165, 1.54) is 13.2 Å². The summed E-state index contributed by atoms with van der Waals surface area (Å²) in [7, 11) is 1.54. The van der Waals surface area contributed by atoms with Gasteiger partial charge < -0.3 is 9.84 Å². The third-order valence-corrected chi connectivity index (χ3v) is 3.68. The molecule has 0 aliphatic rings. The lowest BCUT2D eigenvalue weighted by molar-refractivity contribution is -0.131. The number of carboxylic acid groups (broad SMARTS) is 1. The molecule has 0 atom stereocenters. The van der Waals surface area contributed by atoms with E-state index in [2.05, 4.69) is 10.2 Å². The molecule has 0 spiro atoms. The SMILES string of the molecule is COc1cc(-n2nc(C)c(-c3ccccc3)n2)ccc1/C=C/C(=O)O. The number of nitrogens with zero attached hydrogens (tertiary/aromatic N) is 3. The van der Waals surface area contributed by atoms with Gasteiger partial charge in [-0.1, -0.05) is 30.3 Å². The second-order valence-electron chi connectivity index (χ2n) is 5.39. The van der Waals surface area contributed by atoms with Gasteiger partial charge in [-0.2, -0.15) is 9.90 Å². The fourth-order valence-electron chi connectivity index (χ4n) is 2.48. The zero-order valence-electron chi connectivity index (χ0n) is 13.9. The van der Waals surface area contributed by atoms with Gasteiger partial charge in [-0.3, -0.25) is 0 Å². The van der Waals surface area contributed by atoms with Crippen LogP contribution in [0.2, 0.25) is 0 Å². The van der Waals surface area contributed by atoms with Gasteiger partial charge in [0.15, 0.2) is 0 Å². The fourth-order valence-corrected chi connectivity index (χ4v) is 2.48. The molecule has 0 saturated carbocycles. The summed E-state index contributed by atoms with van der Waals surface area (Å²) in [5, 5.41) is 17.8. The van der Waals surface area contributed by atoms with E-state index >= 15 is 0 Å². The van der Waals surface area contributed by atoms with Gasteiger partial charge in [0.05, 0.1) is 18.5 Å². The van der Waals surface area contributed by atoms with Crippen LogP contribution in [0.1, 0.15) is 11.3 Å². The number of methoxy groups -OCH3 is 1. The molecule has 2 aromatic carbocycles.